The summed E-state index contributed by atoms with van der Waals surface area (Å²) < 4.78 is 31.2. The van der Waals surface area contributed by atoms with Crippen LogP contribution in [0, 0.1) is 11.6 Å². The number of amides is 1. The molecule has 2 aromatic rings. The molecule has 5 nitrogen and oxygen atoms in total. The Morgan fingerprint density at radius 3 is 2.35 bits per heavy atom. The molecule has 136 valence electrons. The van der Waals surface area contributed by atoms with Crippen LogP contribution in [0.15, 0.2) is 36.4 Å². The Balaban J connectivity index is 1.93. The van der Waals surface area contributed by atoms with E-state index >= 15 is 0 Å². The number of carbonyl (C=O) groups excluding carboxylic acids is 2. The molecule has 0 aromatic heterocycles. The highest BCUT2D eigenvalue weighted by molar-refractivity contribution is 6.06. The van der Waals surface area contributed by atoms with Gasteiger partial charge in [-0.05, 0) is 49.2 Å². The maximum Gasteiger partial charge on any atom is 0.337 e. The number of nitrogens with one attached hydrogen (secondary N) is 1. The summed E-state index contributed by atoms with van der Waals surface area (Å²) in [5.74, 6) is -3.24. The van der Waals surface area contributed by atoms with Crippen LogP contribution in [0.1, 0.15) is 33.6 Å². The van der Waals surface area contributed by atoms with Crippen molar-refractivity contribution in [2.45, 2.75) is 12.8 Å². The van der Waals surface area contributed by atoms with Crippen molar-refractivity contribution in [2.75, 3.05) is 30.4 Å². The van der Waals surface area contributed by atoms with Crippen LogP contribution in [0.2, 0.25) is 0 Å². The number of carbonyl (C=O) groups is 2. The molecule has 2 aromatic carbocycles. The second-order valence-corrected chi connectivity index (χ2v) is 6.00. The molecular formula is C19H18F2N2O3. The Kier molecular flexibility index (Phi) is 5.16. The van der Waals surface area contributed by atoms with E-state index in [1.165, 1.54) is 19.2 Å². The molecule has 0 spiro atoms. The number of ether oxygens (including phenoxy) is 1. The Morgan fingerprint density at radius 1 is 1.00 bits per heavy atom. The summed E-state index contributed by atoms with van der Waals surface area (Å²) in [4.78, 5) is 26.4. The number of anilines is 2. The Morgan fingerprint density at radius 2 is 1.69 bits per heavy atom. The van der Waals surface area contributed by atoms with Crippen LogP contribution in [-0.2, 0) is 4.74 Å². The van der Waals surface area contributed by atoms with Crippen molar-refractivity contribution in [1.82, 2.24) is 0 Å². The average Bonchev–Trinajstić information content (AvgIpc) is 3.17. The van der Waals surface area contributed by atoms with Crippen LogP contribution in [0.25, 0.3) is 0 Å². The van der Waals surface area contributed by atoms with Crippen LogP contribution in [0.3, 0.4) is 0 Å². The first-order valence-electron chi connectivity index (χ1n) is 8.23. The number of nitrogens with zero attached hydrogens (tertiary/aromatic N) is 1. The van der Waals surface area contributed by atoms with Gasteiger partial charge in [0.25, 0.3) is 5.91 Å². The van der Waals surface area contributed by atoms with E-state index in [1.807, 2.05) is 0 Å². The molecule has 1 N–H and O–H groups in total. The van der Waals surface area contributed by atoms with Crippen molar-refractivity contribution >= 4 is 23.3 Å². The molecule has 1 amide bonds. The molecule has 1 heterocycles. The number of hydrogen-bond donors (Lipinski definition) is 1. The van der Waals surface area contributed by atoms with Crippen molar-refractivity contribution in [3.05, 3.63) is 59.2 Å². The van der Waals surface area contributed by atoms with Gasteiger partial charge in [-0.3, -0.25) is 4.79 Å². The number of methoxy groups -OCH3 is 1. The first kappa shape index (κ1) is 17.8. The van der Waals surface area contributed by atoms with Crippen LogP contribution in [0.5, 0.6) is 0 Å². The van der Waals surface area contributed by atoms with E-state index in [2.05, 4.69) is 10.2 Å². The van der Waals surface area contributed by atoms with Crippen molar-refractivity contribution in [3.8, 4) is 0 Å². The average molecular weight is 360 g/mol. The first-order valence-corrected chi connectivity index (χ1v) is 8.23. The number of esters is 1. The molecule has 7 heteroatoms. The molecule has 3 rings (SSSR count). The number of hydrogen-bond acceptors (Lipinski definition) is 4. The van der Waals surface area contributed by atoms with Crippen LogP contribution < -0.4 is 10.2 Å². The van der Waals surface area contributed by atoms with Gasteiger partial charge in [-0.1, -0.05) is 0 Å². The summed E-state index contributed by atoms with van der Waals surface area (Å²) in [5, 5.41) is 2.69. The lowest BCUT2D eigenvalue weighted by Gasteiger charge is -2.22. The smallest absolute Gasteiger partial charge is 0.337 e. The van der Waals surface area contributed by atoms with E-state index in [9.17, 15) is 18.4 Å². The van der Waals surface area contributed by atoms with Crippen molar-refractivity contribution in [3.63, 3.8) is 0 Å². The first-order chi connectivity index (χ1) is 12.5. The predicted molar refractivity (Wildman–Crippen MR) is 93.5 cm³/mol. The maximum absolute atomic E-state index is 13.4. The molecule has 1 aliphatic rings. The molecule has 1 aliphatic heterocycles. The van der Waals surface area contributed by atoms with Gasteiger partial charge in [0.2, 0.25) is 0 Å². The molecule has 0 saturated carbocycles. The van der Waals surface area contributed by atoms with Gasteiger partial charge in [-0.25, -0.2) is 13.6 Å². The third-order valence-corrected chi connectivity index (χ3v) is 4.29. The summed E-state index contributed by atoms with van der Waals surface area (Å²) in [5.41, 5.74) is 1.46. The van der Waals surface area contributed by atoms with Gasteiger partial charge < -0.3 is 15.0 Å². The van der Waals surface area contributed by atoms with Gasteiger partial charge in [-0.2, -0.15) is 0 Å². The molecular weight excluding hydrogens is 342 g/mol. The largest absolute Gasteiger partial charge is 0.465 e. The SMILES string of the molecule is COC(=O)c1ccc(N2CCCC2)c(NC(=O)c2ccc(F)c(F)c2)c1. The third-order valence-electron chi connectivity index (χ3n) is 4.29. The monoisotopic (exact) mass is 360 g/mol. The minimum Gasteiger partial charge on any atom is -0.465 e. The van der Waals surface area contributed by atoms with Crippen LogP contribution in [-0.4, -0.2) is 32.1 Å². The molecule has 0 atom stereocenters. The fourth-order valence-electron chi connectivity index (χ4n) is 2.95. The summed E-state index contributed by atoms with van der Waals surface area (Å²) in [6.45, 7) is 1.68. The third kappa shape index (κ3) is 3.66. The number of rotatable bonds is 4. The van der Waals surface area contributed by atoms with Gasteiger partial charge in [0.1, 0.15) is 0 Å². The highest BCUT2D eigenvalue weighted by Gasteiger charge is 2.20. The van der Waals surface area contributed by atoms with Crippen LogP contribution in [0.4, 0.5) is 20.2 Å². The van der Waals surface area contributed by atoms with Gasteiger partial charge in [0, 0.05) is 18.7 Å². The van der Waals surface area contributed by atoms with Crippen molar-refractivity contribution < 1.29 is 23.1 Å². The molecule has 0 bridgehead atoms. The topological polar surface area (TPSA) is 58.6 Å². The molecule has 0 radical (unpaired) electrons. The van der Waals surface area contributed by atoms with E-state index in [0.29, 0.717) is 5.69 Å². The zero-order valence-corrected chi connectivity index (χ0v) is 14.2. The highest BCUT2D eigenvalue weighted by atomic mass is 19.2. The molecule has 0 aliphatic carbocycles. The zero-order chi connectivity index (χ0) is 18.7. The Hall–Kier alpha value is -2.96. The molecule has 1 fully saturated rings. The Bertz CT molecular complexity index is 849. The second kappa shape index (κ2) is 7.51. The minimum absolute atomic E-state index is 0.0141. The molecule has 26 heavy (non-hydrogen) atoms. The standard InChI is InChI=1S/C19H18F2N2O3/c1-26-19(25)13-5-7-17(23-8-2-3-9-23)16(11-13)22-18(24)12-4-6-14(20)15(21)10-12/h4-7,10-11H,2-3,8-9H2,1H3,(H,22,24). The summed E-state index contributed by atoms with van der Waals surface area (Å²) in [7, 11) is 1.27. The predicted octanol–water partition coefficient (Wildman–Crippen LogP) is 3.60. The lowest BCUT2D eigenvalue weighted by molar-refractivity contribution is 0.0600. The van der Waals surface area contributed by atoms with Crippen molar-refractivity contribution in [2.24, 2.45) is 0 Å². The van der Waals surface area contributed by atoms with E-state index in [1.54, 1.807) is 12.1 Å². The van der Waals surface area contributed by atoms with Crippen LogP contribution >= 0.6 is 0 Å². The van der Waals surface area contributed by atoms with E-state index < -0.39 is 23.5 Å². The Labute approximate surface area is 149 Å². The fourth-order valence-corrected chi connectivity index (χ4v) is 2.95. The van der Waals surface area contributed by atoms with Gasteiger partial charge in [0.05, 0.1) is 24.0 Å². The van der Waals surface area contributed by atoms with E-state index in [-0.39, 0.29) is 11.1 Å². The molecule has 0 unspecified atom stereocenters. The lowest BCUT2D eigenvalue weighted by Crippen LogP contribution is -2.21. The summed E-state index contributed by atoms with van der Waals surface area (Å²) in [6.07, 6.45) is 2.07. The normalized spacial score (nSPS) is 13.6. The molecule has 1 saturated heterocycles. The highest BCUT2D eigenvalue weighted by Crippen LogP contribution is 2.30. The second-order valence-electron chi connectivity index (χ2n) is 6.00. The van der Waals surface area contributed by atoms with Gasteiger partial charge in [-0.15, -0.1) is 0 Å². The summed E-state index contributed by atoms with van der Waals surface area (Å²) in [6, 6.07) is 7.84. The number of halogens is 2. The summed E-state index contributed by atoms with van der Waals surface area (Å²) >= 11 is 0. The quantitative estimate of drug-likeness (QED) is 0.847. The number of benzene rings is 2. The minimum atomic E-state index is -1.10. The van der Waals surface area contributed by atoms with E-state index in [0.717, 1.165) is 43.8 Å². The van der Waals surface area contributed by atoms with E-state index in [4.69, 9.17) is 4.74 Å². The van der Waals surface area contributed by atoms with Crippen molar-refractivity contribution in [1.29, 1.82) is 0 Å². The fraction of sp³-hybridized carbons (Fsp3) is 0.263. The zero-order valence-electron chi connectivity index (χ0n) is 14.2. The maximum atomic E-state index is 13.4. The lowest BCUT2D eigenvalue weighted by atomic mass is 10.1. The van der Waals surface area contributed by atoms with Gasteiger partial charge in [0.15, 0.2) is 11.6 Å². The van der Waals surface area contributed by atoms with Gasteiger partial charge >= 0.3 is 5.97 Å².